The van der Waals surface area contributed by atoms with Gasteiger partial charge in [-0.15, -0.1) is 11.8 Å². The summed E-state index contributed by atoms with van der Waals surface area (Å²) in [5.41, 5.74) is 1.31. The van der Waals surface area contributed by atoms with Crippen LogP contribution in [0.4, 0.5) is 19.0 Å². The molecule has 1 aromatic heterocycles. The summed E-state index contributed by atoms with van der Waals surface area (Å²) < 4.78 is 37.8. The maximum Gasteiger partial charge on any atom is 0.416 e. The van der Waals surface area contributed by atoms with Crippen molar-refractivity contribution in [3.8, 4) is 0 Å². The largest absolute Gasteiger partial charge is 0.416 e. The summed E-state index contributed by atoms with van der Waals surface area (Å²) >= 11 is 1.15. The zero-order chi connectivity index (χ0) is 13.8. The molecular formula is C10H14F3N3OS. The quantitative estimate of drug-likeness (QED) is 0.438. The Hall–Kier alpha value is -0.990. The minimum Gasteiger partial charge on any atom is -0.396 e. The van der Waals surface area contributed by atoms with Crippen LogP contribution in [0.25, 0.3) is 0 Å². The Morgan fingerprint density at radius 3 is 2.67 bits per heavy atom. The summed E-state index contributed by atoms with van der Waals surface area (Å²) in [5, 5.41) is 9.07. The van der Waals surface area contributed by atoms with Crippen molar-refractivity contribution in [3.05, 3.63) is 17.7 Å². The first-order valence-electron chi connectivity index (χ1n) is 5.16. The maximum absolute atomic E-state index is 12.6. The van der Waals surface area contributed by atoms with Gasteiger partial charge in [0.25, 0.3) is 0 Å². The van der Waals surface area contributed by atoms with E-state index >= 15 is 0 Å². The monoisotopic (exact) mass is 281 g/mol. The Bertz CT molecular complexity index is 400. The highest BCUT2D eigenvalue weighted by Gasteiger charge is 2.31. The number of hydrogen-bond donors (Lipinski definition) is 3. The van der Waals surface area contributed by atoms with Gasteiger partial charge in [0.1, 0.15) is 5.82 Å². The fourth-order valence-electron chi connectivity index (χ4n) is 1.10. The third-order valence-electron chi connectivity index (χ3n) is 2.10. The number of pyridine rings is 1. The van der Waals surface area contributed by atoms with Gasteiger partial charge in [-0.05, 0) is 18.1 Å². The summed E-state index contributed by atoms with van der Waals surface area (Å²) in [6.45, 7) is 1.77. The lowest BCUT2D eigenvalue weighted by Crippen LogP contribution is -2.12. The molecule has 1 aromatic rings. The van der Waals surface area contributed by atoms with Crippen LogP contribution in [0, 0.1) is 5.92 Å². The molecule has 0 aliphatic heterocycles. The number of aliphatic hydroxyl groups excluding tert-OH is 1. The molecule has 0 aromatic carbocycles. The van der Waals surface area contributed by atoms with E-state index in [0.29, 0.717) is 5.75 Å². The molecule has 1 rings (SSSR count). The highest BCUT2D eigenvalue weighted by Crippen LogP contribution is 2.33. The second kappa shape index (κ2) is 6.26. The maximum atomic E-state index is 12.6. The predicted molar refractivity (Wildman–Crippen MR) is 64.0 cm³/mol. The van der Waals surface area contributed by atoms with Gasteiger partial charge in [0.05, 0.1) is 10.6 Å². The standard InChI is InChI=1S/C10H14F3N3OS/c1-6(4-17)5-18-9-3-7(10(11,12)13)2-8(15-9)16-14/h2-3,6,17H,4-5,14H2,1H3,(H,15,16). The first-order valence-corrected chi connectivity index (χ1v) is 6.15. The lowest BCUT2D eigenvalue weighted by molar-refractivity contribution is -0.137. The van der Waals surface area contributed by atoms with Crippen LogP contribution >= 0.6 is 11.8 Å². The van der Waals surface area contributed by atoms with Crippen LogP contribution in [0.3, 0.4) is 0 Å². The molecular weight excluding hydrogens is 267 g/mol. The van der Waals surface area contributed by atoms with E-state index < -0.39 is 11.7 Å². The second-order valence-electron chi connectivity index (χ2n) is 3.82. The Kier molecular flexibility index (Phi) is 5.24. The van der Waals surface area contributed by atoms with Crippen LogP contribution in [0.5, 0.6) is 0 Å². The van der Waals surface area contributed by atoms with Crippen molar-refractivity contribution >= 4 is 17.6 Å². The van der Waals surface area contributed by atoms with Crippen molar-refractivity contribution < 1.29 is 18.3 Å². The molecule has 0 aliphatic rings. The molecule has 8 heteroatoms. The number of nitrogens with two attached hydrogens (primary N) is 1. The molecule has 18 heavy (non-hydrogen) atoms. The number of alkyl halides is 3. The van der Waals surface area contributed by atoms with Crippen LogP contribution in [0.2, 0.25) is 0 Å². The van der Waals surface area contributed by atoms with Crippen molar-refractivity contribution in [1.82, 2.24) is 4.98 Å². The highest BCUT2D eigenvalue weighted by molar-refractivity contribution is 7.99. The number of rotatable bonds is 5. The number of nitrogens with one attached hydrogen (secondary N) is 1. The zero-order valence-corrected chi connectivity index (χ0v) is 10.5. The van der Waals surface area contributed by atoms with E-state index in [1.54, 1.807) is 6.92 Å². The summed E-state index contributed by atoms with van der Waals surface area (Å²) in [4.78, 5) is 3.92. The SMILES string of the molecule is CC(CO)CSc1cc(C(F)(F)F)cc(NN)n1. The number of hydrogen-bond acceptors (Lipinski definition) is 5. The van der Waals surface area contributed by atoms with Gasteiger partial charge in [0, 0.05) is 12.4 Å². The molecule has 1 atom stereocenters. The van der Waals surface area contributed by atoms with Gasteiger partial charge >= 0.3 is 6.18 Å². The van der Waals surface area contributed by atoms with Gasteiger partial charge in [-0.3, -0.25) is 0 Å². The number of aromatic nitrogens is 1. The van der Waals surface area contributed by atoms with Crippen LogP contribution in [-0.2, 0) is 6.18 Å². The van der Waals surface area contributed by atoms with E-state index in [2.05, 4.69) is 10.4 Å². The number of aliphatic hydroxyl groups is 1. The van der Waals surface area contributed by atoms with Gasteiger partial charge < -0.3 is 10.5 Å². The van der Waals surface area contributed by atoms with E-state index in [-0.39, 0.29) is 23.4 Å². The van der Waals surface area contributed by atoms with Crippen molar-refractivity contribution in [1.29, 1.82) is 0 Å². The van der Waals surface area contributed by atoms with Crippen molar-refractivity contribution in [2.24, 2.45) is 11.8 Å². The minimum absolute atomic E-state index is 0.0133. The van der Waals surface area contributed by atoms with E-state index in [9.17, 15) is 13.2 Å². The Balaban J connectivity index is 2.91. The van der Waals surface area contributed by atoms with Crippen molar-refractivity contribution in [3.63, 3.8) is 0 Å². The van der Waals surface area contributed by atoms with Gasteiger partial charge in [0.15, 0.2) is 0 Å². The lowest BCUT2D eigenvalue weighted by atomic mass is 10.2. The van der Waals surface area contributed by atoms with Crippen LogP contribution in [0.1, 0.15) is 12.5 Å². The summed E-state index contributed by atoms with van der Waals surface area (Å²) in [6.07, 6.45) is -4.44. The minimum atomic E-state index is -4.44. The van der Waals surface area contributed by atoms with Gasteiger partial charge in [-0.2, -0.15) is 13.2 Å². The molecule has 0 amide bonds. The summed E-state index contributed by atoms with van der Waals surface area (Å²) in [5.74, 6) is 5.51. The fourth-order valence-corrected chi connectivity index (χ4v) is 2.03. The first-order chi connectivity index (χ1) is 8.36. The molecule has 1 heterocycles. The Morgan fingerprint density at radius 2 is 2.17 bits per heavy atom. The highest BCUT2D eigenvalue weighted by atomic mass is 32.2. The first kappa shape index (κ1) is 15.1. The number of nitrogen functional groups attached to an aromatic ring is 1. The third-order valence-corrected chi connectivity index (χ3v) is 3.35. The van der Waals surface area contributed by atoms with Crippen LogP contribution in [0.15, 0.2) is 17.2 Å². The van der Waals surface area contributed by atoms with E-state index in [1.807, 2.05) is 0 Å². The average Bonchev–Trinajstić information content (AvgIpc) is 2.34. The zero-order valence-electron chi connectivity index (χ0n) is 9.66. The number of halogens is 3. The molecule has 4 N–H and O–H groups in total. The van der Waals surface area contributed by atoms with Gasteiger partial charge in [-0.1, -0.05) is 6.92 Å². The topological polar surface area (TPSA) is 71.2 Å². The number of anilines is 1. The van der Waals surface area contributed by atoms with Crippen LogP contribution in [-0.4, -0.2) is 22.5 Å². The van der Waals surface area contributed by atoms with Crippen molar-refractivity contribution in [2.45, 2.75) is 18.1 Å². The molecule has 0 saturated carbocycles. The number of thioether (sulfide) groups is 1. The molecule has 0 fully saturated rings. The summed E-state index contributed by atoms with van der Waals surface area (Å²) in [6, 6.07) is 1.81. The predicted octanol–water partition coefficient (Wildman–Crippen LogP) is 2.11. The normalized spacial score (nSPS) is 13.4. The molecule has 0 spiro atoms. The molecule has 0 saturated heterocycles. The van der Waals surface area contributed by atoms with Gasteiger partial charge in [0.2, 0.25) is 0 Å². The molecule has 0 radical (unpaired) electrons. The molecule has 0 aliphatic carbocycles. The number of nitrogens with zero attached hydrogens (tertiary/aromatic N) is 1. The van der Waals surface area contributed by atoms with Crippen molar-refractivity contribution in [2.75, 3.05) is 17.8 Å². The Labute approximate surface area is 107 Å². The Morgan fingerprint density at radius 1 is 1.50 bits per heavy atom. The molecule has 102 valence electrons. The van der Waals surface area contributed by atoms with Crippen LogP contribution < -0.4 is 11.3 Å². The lowest BCUT2D eigenvalue weighted by Gasteiger charge is -2.12. The number of hydrazine groups is 1. The van der Waals surface area contributed by atoms with E-state index in [0.717, 1.165) is 23.9 Å². The summed E-state index contributed by atoms with van der Waals surface area (Å²) in [7, 11) is 0. The average molecular weight is 281 g/mol. The molecule has 1 unspecified atom stereocenters. The fraction of sp³-hybridized carbons (Fsp3) is 0.500. The van der Waals surface area contributed by atoms with Gasteiger partial charge in [-0.25, -0.2) is 10.8 Å². The molecule has 0 bridgehead atoms. The molecule has 4 nitrogen and oxygen atoms in total. The second-order valence-corrected chi connectivity index (χ2v) is 4.86. The third kappa shape index (κ3) is 4.35. The smallest absolute Gasteiger partial charge is 0.396 e. The van der Waals surface area contributed by atoms with E-state index in [4.69, 9.17) is 10.9 Å². The van der Waals surface area contributed by atoms with E-state index in [1.165, 1.54) is 0 Å².